The molecule has 2 atom stereocenters. The van der Waals surface area contributed by atoms with Gasteiger partial charge in [-0.1, -0.05) is 29.8 Å². The van der Waals surface area contributed by atoms with Gasteiger partial charge in [0.05, 0.1) is 66.5 Å². The van der Waals surface area contributed by atoms with Gasteiger partial charge in [0.15, 0.2) is 0 Å². The molecular formula is C28H32Cl2N6O4. The van der Waals surface area contributed by atoms with Gasteiger partial charge in [-0.2, -0.15) is 0 Å². The van der Waals surface area contributed by atoms with Crippen LogP contribution in [0, 0.1) is 0 Å². The Labute approximate surface area is 243 Å². The molecule has 2 aromatic heterocycles. The number of hydrogen-bond acceptors (Lipinski definition) is 9. The standard InChI is InChI=1S/C28H32Cl2N6O4/c1-5-22(37)32-18-13-40-14-19(18)34-28-31-12-16-10-17(23-24(29)20(38-3)11-21(39-4)25(23)30)33-26(27(16)35-28)15-6-8-36(2)9-7-15/h5,10-12,15,18-19H,1,6-9,13-14H2,2-4H3,(H,32,37)(H,31,34,35)/t18-,19+/m0/s1. The second-order valence-corrected chi connectivity index (χ2v) is 10.7. The van der Waals surface area contributed by atoms with Crippen molar-refractivity contribution in [1.82, 2.24) is 25.2 Å². The predicted octanol–water partition coefficient (Wildman–Crippen LogP) is 4.31. The third-order valence-corrected chi connectivity index (χ3v) is 8.19. The number of carbonyl (C=O) groups excluding carboxylic acids is 1. The fraction of sp³-hybridized carbons (Fsp3) is 0.429. The molecule has 2 fully saturated rings. The molecule has 2 saturated heterocycles. The lowest BCUT2D eigenvalue weighted by Crippen LogP contribution is -2.45. The number of nitrogens with zero attached hydrogens (tertiary/aromatic N) is 4. The van der Waals surface area contributed by atoms with E-state index in [2.05, 4.69) is 34.1 Å². The molecule has 0 aliphatic carbocycles. The number of pyridine rings is 1. The van der Waals surface area contributed by atoms with Crippen LogP contribution in [0.2, 0.25) is 10.0 Å². The molecule has 1 aromatic carbocycles. The van der Waals surface area contributed by atoms with Crippen molar-refractivity contribution in [1.29, 1.82) is 0 Å². The van der Waals surface area contributed by atoms with E-state index in [1.54, 1.807) is 26.5 Å². The molecule has 40 heavy (non-hydrogen) atoms. The van der Waals surface area contributed by atoms with Crippen LogP contribution >= 0.6 is 23.2 Å². The topological polar surface area (TPSA) is 111 Å². The van der Waals surface area contributed by atoms with Gasteiger partial charge in [0.1, 0.15) is 11.5 Å². The second-order valence-electron chi connectivity index (χ2n) is 9.99. The SMILES string of the molecule is C=CC(=O)N[C@H]1COC[C@H]1Nc1ncc2cc(-c3c(Cl)c(OC)cc(OC)c3Cl)nc(C3CCN(C)CC3)c2n1. The molecule has 1 amide bonds. The van der Waals surface area contributed by atoms with E-state index in [4.69, 9.17) is 47.4 Å². The summed E-state index contributed by atoms with van der Waals surface area (Å²) in [5.41, 5.74) is 2.73. The van der Waals surface area contributed by atoms with Gasteiger partial charge in [-0.3, -0.25) is 9.78 Å². The van der Waals surface area contributed by atoms with Crippen molar-refractivity contribution in [3.05, 3.63) is 46.7 Å². The van der Waals surface area contributed by atoms with Crippen molar-refractivity contribution in [2.45, 2.75) is 30.8 Å². The van der Waals surface area contributed by atoms with E-state index >= 15 is 0 Å². The minimum Gasteiger partial charge on any atom is -0.495 e. The Bertz CT molecular complexity index is 1400. The highest BCUT2D eigenvalue weighted by Gasteiger charge is 2.31. The maximum Gasteiger partial charge on any atom is 0.243 e. The summed E-state index contributed by atoms with van der Waals surface area (Å²) in [6, 6.07) is 3.12. The van der Waals surface area contributed by atoms with Gasteiger partial charge in [-0.25, -0.2) is 9.97 Å². The van der Waals surface area contributed by atoms with Crippen LogP contribution in [0.25, 0.3) is 22.2 Å². The molecule has 2 aliphatic rings. The Morgan fingerprint density at radius 1 is 1.10 bits per heavy atom. The zero-order valence-corrected chi connectivity index (χ0v) is 24.2. The number of aromatic nitrogens is 3. The molecule has 4 heterocycles. The zero-order chi connectivity index (χ0) is 28.4. The Balaban J connectivity index is 1.59. The van der Waals surface area contributed by atoms with E-state index in [1.807, 2.05) is 6.07 Å². The molecule has 2 N–H and O–H groups in total. The van der Waals surface area contributed by atoms with E-state index in [0.29, 0.717) is 52.0 Å². The van der Waals surface area contributed by atoms with Crippen LogP contribution in [0.4, 0.5) is 5.95 Å². The van der Waals surface area contributed by atoms with Gasteiger partial charge in [0.2, 0.25) is 11.9 Å². The van der Waals surface area contributed by atoms with Crippen molar-refractivity contribution in [2.24, 2.45) is 0 Å². The molecule has 12 heteroatoms. The van der Waals surface area contributed by atoms with Gasteiger partial charge in [-0.15, -0.1) is 0 Å². The highest BCUT2D eigenvalue weighted by molar-refractivity contribution is 6.41. The Morgan fingerprint density at radius 3 is 2.42 bits per heavy atom. The quantitative estimate of drug-likeness (QED) is 0.373. The van der Waals surface area contributed by atoms with Gasteiger partial charge >= 0.3 is 0 Å². The summed E-state index contributed by atoms with van der Waals surface area (Å²) >= 11 is 13.5. The van der Waals surface area contributed by atoms with Crippen LogP contribution in [0.5, 0.6) is 11.5 Å². The summed E-state index contributed by atoms with van der Waals surface area (Å²) in [6.45, 7) is 6.23. The summed E-state index contributed by atoms with van der Waals surface area (Å²) < 4.78 is 16.6. The number of fused-ring (bicyclic) bond motifs is 1. The first-order chi connectivity index (χ1) is 19.3. The molecule has 3 aromatic rings. The number of nitrogens with one attached hydrogen (secondary N) is 2. The number of carbonyl (C=O) groups is 1. The molecule has 212 valence electrons. The maximum atomic E-state index is 11.9. The van der Waals surface area contributed by atoms with Crippen molar-refractivity contribution >= 4 is 46.0 Å². The highest BCUT2D eigenvalue weighted by Crippen LogP contribution is 2.46. The number of piperidine rings is 1. The number of likely N-dealkylation sites (tertiary alicyclic amines) is 1. The fourth-order valence-electron chi connectivity index (χ4n) is 5.19. The van der Waals surface area contributed by atoms with Crippen LogP contribution in [0.3, 0.4) is 0 Å². The van der Waals surface area contributed by atoms with Crippen LogP contribution in [-0.2, 0) is 9.53 Å². The average Bonchev–Trinajstić information content (AvgIpc) is 3.39. The fourth-order valence-corrected chi connectivity index (χ4v) is 5.88. The Kier molecular flexibility index (Phi) is 8.60. The van der Waals surface area contributed by atoms with Crippen molar-refractivity contribution in [2.75, 3.05) is 52.9 Å². The molecule has 10 nitrogen and oxygen atoms in total. The van der Waals surface area contributed by atoms with Crippen LogP contribution < -0.4 is 20.1 Å². The molecule has 0 saturated carbocycles. The van der Waals surface area contributed by atoms with E-state index in [-0.39, 0.29) is 23.9 Å². The highest BCUT2D eigenvalue weighted by atomic mass is 35.5. The Morgan fingerprint density at radius 2 is 1.77 bits per heavy atom. The third kappa shape index (κ3) is 5.67. The lowest BCUT2D eigenvalue weighted by atomic mass is 9.91. The first kappa shape index (κ1) is 28.4. The van der Waals surface area contributed by atoms with Crippen LogP contribution in [0.15, 0.2) is 31.0 Å². The minimum atomic E-state index is -0.255. The number of rotatable bonds is 8. The third-order valence-electron chi connectivity index (χ3n) is 7.44. The summed E-state index contributed by atoms with van der Waals surface area (Å²) in [7, 11) is 5.21. The molecule has 5 rings (SSSR count). The summed E-state index contributed by atoms with van der Waals surface area (Å²) in [5, 5.41) is 7.73. The number of hydrogen-bond donors (Lipinski definition) is 2. The summed E-state index contributed by atoms with van der Waals surface area (Å²) in [5.74, 6) is 1.24. The lowest BCUT2D eigenvalue weighted by Gasteiger charge is -2.29. The molecule has 0 bridgehead atoms. The first-order valence-electron chi connectivity index (χ1n) is 13.1. The van der Waals surface area contributed by atoms with Gasteiger partial charge in [0, 0.05) is 29.1 Å². The normalized spacial score (nSPS) is 19.9. The van der Waals surface area contributed by atoms with Crippen molar-refractivity contribution in [3.63, 3.8) is 0 Å². The number of halogens is 2. The van der Waals surface area contributed by atoms with Gasteiger partial charge < -0.3 is 29.7 Å². The first-order valence-corrected chi connectivity index (χ1v) is 13.8. The van der Waals surface area contributed by atoms with E-state index < -0.39 is 0 Å². The number of benzene rings is 1. The van der Waals surface area contributed by atoms with Gasteiger partial charge in [0.25, 0.3) is 0 Å². The van der Waals surface area contributed by atoms with Crippen molar-refractivity contribution in [3.8, 4) is 22.8 Å². The molecule has 0 radical (unpaired) electrons. The second kappa shape index (κ2) is 12.1. The number of anilines is 1. The molecule has 0 unspecified atom stereocenters. The van der Waals surface area contributed by atoms with E-state index in [0.717, 1.165) is 42.5 Å². The lowest BCUT2D eigenvalue weighted by molar-refractivity contribution is -0.117. The zero-order valence-electron chi connectivity index (χ0n) is 22.7. The number of amides is 1. The smallest absolute Gasteiger partial charge is 0.243 e. The monoisotopic (exact) mass is 586 g/mol. The number of ether oxygens (including phenoxy) is 3. The Hall–Kier alpha value is -3.18. The largest absolute Gasteiger partial charge is 0.495 e. The molecule has 0 spiro atoms. The van der Waals surface area contributed by atoms with E-state index in [1.165, 1.54) is 6.08 Å². The summed E-state index contributed by atoms with van der Waals surface area (Å²) in [6.07, 6.45) is 4.88. The molecular weight excluding hydrogens is 555 g/mol. The van der Waals surface area contributed by atoms with E-state index in [9.17, 15) is 4.79 Å². The molecule has 2 aliphatic heterocycles. The van der Waals surface area contributed by atoms with Crippen molar-refractivity contribution < 1.29 is 19.0 Å². The van der Waals surface area contributed by atoms with Crippen LogP contribution in [0.1, 0.15) is 24.5 Å². The minimum absolute atomic E-state index is 0.181. The summed E-state index contributed by atoms with van der Waals surface area (Å²) in [4.78, 5) is 28.8. The van der Waals surface area contributed by atoms with Gasteiger partial charge in [-0.05, 0) is 45.1 Å². The number of methoxy groups -OCH3 is 2. The average molecular weight is 588 g/mol. The maximum absolute atomic E-state index is 11.9. The van der Waals surface area contributed by atoms with Crippen LogP contribution in [-0.4, -0.2) is 85.4 Å². The predicted molar refractivity (Wildman–Crippen MR) is 156 cm³/mol.